The normalized spacial score (nSPS) is 25.0. The fraction of sp³-hybridized carbons (Fsp3) is 0.500. The predicted molar refractivity (Wildman–Crippen MR) is 90.2 cm³/mol. The minimum atomic E-state index is -0.128. The van der Waals surface area contributed by atoms with E-state index in [9.17, 15) is 9.59 Å². The Balaban J connectivity index is 1.73. The van der Waals surface area contributed by atoms with Gasteiger partial charge in [0.1, 0.15) is 5.71 Å². The van der Waals surface area contributed by atoms with Gasteiger partial charge in [-0.3, -0.25) is 9.59 Å². The van der Waals surface area contributed by atoms with Crippen molar-refractivity contribution in [2.75, 3.05) is 5.01 Å². The standard InChI is InChI=1S/C18H23N3O2/c1-13-7-5-6-10-15(13)19-18(23)16-11-12-17(22)21(20-16)14-8-3-2-4-9-14/h2-4,8-9,13,15H,5-7,10-12H2,1H3,(H,19,23)/t13-,15+/m0/s1. The van der Waals surface area contributed by atoms with Crippen molar-refractivity contribution >= 4 is 23.2 Å². The smallest absolute Gasteiger partial charge is 0.267 e. The molecule has 1 fully saturated rings. The van der Waals surface area contributed by atoms with Crippen molar-refractivity contribution in [1.82, 2.24) is 5.32 Å². The van der Waals surface area contributed by atoms with Crippen molar-refractivity contribution in [3.05, 3.63) is 30.3 Å². The average molecular weight is 313 g/mol. The monoisotopic (exact) mass is 313 g/mol. The van der Waals surface area contributed by atoms with Crippen LogP contribution in [-0.4, -0.2) is 23.6 Å². The van der Waals surface area contributed by atoms with Gasteiger partial charge in [-0.2, -0.15) is 5.10 Å². The Morgan fingerprint density at radius 1 is 1.17 bits per heavy atom. The number of hydrogen-bond donors (Lipinski definition) is 1. The van der Waals surface area contributed by atoms with E-state index >= 15 is 0 Å². The molecule has 5 heteroatoms. The fourth-order valence-corrected chi connectivity index (χ4v) is 3.27. The highest BCUT2D eigenvalue weighted by Crippen LogP contribution is 2.24. The number of hydrogen-bond acceptors (Lipinski definition) is 3. The predicted octanol–water partition coefficient (Wildman–Crippen LogP) is 2.86. The van der Waals surface area contributed by atoms with Gasteiger partial charge < -0.3 is 5.32 Å². The zero-order chi connectivity index (χ0) is 16.2. The Bertz CT molecular complexity index is 612. The van der Waals surface area contributed by atoms with Crippen molar-refractivity contribution < 1.29 is 9.59 Å². The van der Waals surface area contributed by atoms with Gasteiger partial charge in [0.2, 0.25) is 5.91 Å². The van der Waals surface area contributed by atoms with Gasteiger partial charge in [-0.05, 0) is 30.9 Å². The molecule has 1 aromatic rings. The summed E-state index contributed by atoms with van der Waals surface area (Å²) in [4.78, 5) is 24.6. The van der Waals surface area contributed by atoms with Gasteiger partial charge in [-0.15, -0.1) is 0 Å². The molecular weight excluding hydrogens is 290 g/mol. The number of anilines is 1. The molecule has 2 aliphatic rings. The van der Waals surface area contributed by atoms with Crippen molar-refractivity contribution in [1.29, 1.82) is 0 Å². The van der Waals surface area contributed by atoms with E-state index < -0.39 is 0 Å². The average Bonchev–Trinajstić information content (AvgIpc) is 2.58. The minimum absolute atomic E-state index is 0.0706. The Morgan fingerprint density at radius 2 is 1.91 bits per heavy atom. The van der Waals surface area contributed by atoms with E-state index in [0.29, 0.717) is 30.2 Å². The van der Waals surface area contributed by atoms with Crippen LogP contribution in [0.1, 0.15) is 45.4 Å². The number of nitrogens with one attached hydrogen (secondary N) is 1. The van der Waals surface area contributed by atoms with Gasteiger partial charge in [-0.1, -0.05) is 38.0 Å². The van der Waals surface area contributed by atoms with Crippen LogP contribution in [-0.2, 0) is 9.59 Å². The second kappa shape index (κ2) is 6.94. The first-order chi connectivity index (χ1) is 11.1. The maximum Gasteiger partial charge on any atom is 0.267 e. The van der Waals surface area contributed by atoms with Crippen LogP contribution in [0.25, 0.3) is 0 Å². The van der Waals surface area contributed by atoms with Crippen LogP contribution in [0.4, 0.5) is 5.69 Å². The van der Waals surface area contributed by atoms with E-state index in [1.807, 2.05) is 30.3 Å². The topological polar surface area (TPSA) is 61.8 Å². The van der Waals surface area contributed by atoms with Gasteiger partial charge in [0, 0.05) is 18.9 Å². The molecule has 1 saturated carbocycles. The molecule has 0 aromatic heterocycles. The van der Waals surface area contributed by atoms with Crippen LogP contribution in [0.3, 0.4) is 0 Å². The van der Waals surface area contributed by atoms with Crippen LogP contribution in [0, 0.1) is 5.92 Å². The van der Waals surface area contributed by atoms with Crippen LogP contribution in [0.15, 0.2) is 35.4 Å². The molecule has 5 nitrogen and oxygen atoms in total. The van der Waals surface area contributed by atoms with E-state index in [4.69, 9.17) is 0 Å². The molecule has 1 aromatic carbocycles. The first-order valence-electron chi connectivity index (χ1n) is 8.41. The molecule has 0 radical (unpaired) electrons. The van der Waals surface area contributed by atoms with Gasteiger partial charge in [0.25, 0.3) is 5.91 Å². The number of carbonyl (C=O) groups is 2. The third kappa shape index (κ3) is 3.60. The maximum atomic E-state index is 12.5. The summed E-state index contributed by atoms with van der Waals surface area (Å²) in [5.41, 5.74) is 1.15. The molecular formula is C18H23N3O2. The lowest BCUT2D eigenvalue weighted by molar-refractivity contribution is -0.119. The number of benzene rings is 1. The maximum absolute atomic E-state index is 12.5. The first kappa shape index (κ1) is 15.7. The lowest BCUT2D eigenvalue weighted by atomic mass is 9.86. The Morgan fingerprint density at radius 3 is 2.65 bits per heavy atom. The molecule has 1 aliphatic carbocycles. The summed E-state index contributed by atoms with van der Waals surface area (Å²) >= 11 is 0. The molecule has 2 atom stereocenters. The zero-order valence-corrected chi connectivity index (χ0v) is 13.5. The summed E-state index contributed by atoms with van der Waals surface area (Å²) in [5, 5.41) is 8.78. The van der Waals surface area contributed by atoms with Gasteiger partial charge in [0.15, 0.2) is 0 Å². The minimum Gasteiger partial charge on any atom is -0.348 e. The molecule has 0 bridgehead atoms. The quantitative estimate of drug-likeness (QED) is 0.932. The Hall–Kier alpha value is -2.17. The zero-order valence-electron chi connectivity index (χ0n) is 13.5. The highest BCUT2D eigenvalue weighted by molar-refractivity contribution is 6.40. The number of para-hydroxylation sites is 1. The summed E-state index contributed by atoms with van der Waals surface area (Å²) in [7, 11) is 0. The van der Waals surface area contributed by atoms with Crippen molar-refractivity contribution in [2.45, 2.75) is 51.5 Å². The fourth-order valence-electron chi connectivity index (χ4n) is 3.27. The van der Waals surface area contributed by atoms with E-state index in [-0.39, 0.29) is 17.9 Å². The van der Waals surface area contributed by atoms with Crippen molar-refractivity contribution in [3.8, 4) is 0 Å². The number of amides is 2. The molecule has 1 aliphatic heterocycles. The van der Waals surface area contributed by atoms with Gasteiger partial charge in [-0.25, -0.2) is 5.01 Å². The van der Waals surface area contributed by atoms with Crippen molar-refractivity contribution in [3.63, 3.8) is 0 Å². The lowest BCUT2D eigenvalue weighted by Crippen LogP contribution is -2.46. The van der Waals surface area contributed by atoms with Crippen LogP contribution < -0.4 is 10.3 Å². The van der Waals surface area contributed by atoms with E-state index in [1.54, 1.807) is 0 Å². The third-order valence-electron chi connectivity index (χ3n) is 4.72. The van der Waals surface area contributed by atoms with Crippen molar-refractivity contribution in [2.24, 2.45) is 11.0 Å². The molecule has 0 unspecified atom stereocenters. The largest absolute Gasteiger partial charge is 0.348 e. The SMILES string of the molecule is C[C@H]1CCCC[C@H]1NC(=O)C1=NN(c2ccccc2)C(=O)CC1. The summed E-state index contributed by atoms with van der Waals surface area (Å²) in [6.45, 7) is 2.19. The molecule has 0 saturated heterocycles. The van der Waals surface area contributed by atoms with E-state index in [2.05, 4.69) is 17.3 Å². The first-order valence-corrected chi connectivity index (χ1v) is 8.41. The molecule has 1 heterocycles. The summed E-state index contributed by atoms with van der Waals surface area (Å²) in [5.74, 6) is 0.305. The summed E-state index contributed by atoms with van der Waals surface area (Å²) < 4.78 is 0. The Kier molecular flexibility index (Phi) is 4.74. The number of rotatable bonds is 3. The van der Waals surface area contributed by atoms with Gasteiger partial charge in [0.05, 0.1) is 5.69 Å². The molecule has 0 spiro atoms. The summed E-state index contributed by atoms with van der Waals surface area (Å²) in [6.07, 6.45) is 5.32. The molecule has 23 heavy (non-hydrogen) atoms. The summed E-state index contributed by atoms with van der Waals surface area (Å²) in [6, 6.07) is 9.48. The van der Waals surface area contributed by atoms with Crippen LogP contribution in [0.5, 0.6) is 0 Å². The van der Waals surface area contributed by atoms with Crippen LogP contribution >= 0.6 is 0 Å². The van der Waals surface area contributed by atoms with E-state index in [1.165, 1.54) is 11.4 Å². The highest BCUT2D eigenvalue weighted by Gasteiger charge is 2.28. The molecule has 3 rings (SSSR count). The molecule has 2 amide bonds. The number of carbonyl (C=O) groups excluding carboxylic acids is 2. The van der Waals surface area contributed by atoms with E-state index in [0.717, 1.165) is 19.3 Å². The van der Waals surface area contributed by atoms with Crippen LogP contribution in [0.2, 0.25) is 0 Å². The Labute approximate surface area is 136 Å². The lowest BCUT2D eigenvalue weighted by Gasteiger charge is -2.30. The highest BCUT2D eigenvalue weighted by atomic mass is 16.2. The number of nitrogens with zero attached hydrogens (tertiary/aromatic N) is 2. The second-order valence-electron chi connectivity index (χ2n) is 6.43. The third-order valence-corrected chi connectivity index (χ3v) is 4.72. The molecule has 122 valence electrons. The van der Waals surface area contributed by atoms with Gasteiger partial charge >= 0.3 is 0 Å². The number of hydrazone groups is 1. The second-order valence-corrected chi connectivity index (χ2v) is 6.43. The molecule has 1 N–H and O–H groups in total.